The minimum Gasteiger partial charge on any atom is -0.423 e. The van der Waals surface area contributed by atoms with Gasteiger partial charge in [-0.1, -0.05) is 33.6 Å². The summed E-state index contributed by atoms with van der Waals surface area (Å²) < 4.78 is 6.20. The van der Waals surface area contributed by atoms with Crippen molar-refractivity contribution in [2.24, 2.45) is 0 Å². The van der Waals surface area contributed by atoms with Gasteiger partial charge in [0.25, 0.3) is 0 Å². The molecule has 0 saturated heterocycles. The van der Waals surface area contributed by atoms with E-state index in [1.54, 1.807) is 0 Å². The monoisotopic (exact) mass is 363 g/mol. The van der Waals surface area contributed by atoms with Crippen molar-refractivity contribution in [2.75, 3.05) is 5.32 Å². The van der Waals surface area contributed by atoms with Crippen molar-refractivity contribution >= 4 is 33.2 Å². The van der Waals surface area contributed by atoms with Crippen molar-refractivity contribution < 1.29 is 4.42 Å². The number of nitrogens with one attached hydrogen (secondary N) is 1. The highest BCUT2D eigenvalue weighted by Crippen LogP contribution is 2.24. The van der Waals surface area contributed by atoms with Crippen molar-refractivity contribution in [3.05, 3.63) is 63.9 Å². The third-order valence-electron chi connectivity index (χ3n) is 2.96. The van der Waals surface area contributed by atoms with Gasteiger partial charge in [-0.3, -0.25) is 0 Å². The Balaban J connectivity index is 1.76. The summed E-state index contributed by atoms with van der Waals surface area (Å²) in [5, 5.41) is 11.7. The number of benzene rings is 2. The predicted octanol–water partition coefficient (Wildman–Crippen LogP) is 4.76. The van der Waals surface area contributed by atoms with E-state index in [0.29, 0.717) is 12.4 Å². The molecule has 0 aliphatic carbocycles. The van der Waals surface area contributed by atoms with E-state index in [2.05, 4.69) is 31.4 Å². The molecule has 2 aromatic carbocycles. The van der Waals surface area contributed by atoms with Gasteiger partial charge in [-0.2, -0.15) is 0 Å². The molecule has 0 saturated carbocycles. The highest BCUT2D eigenvalue weighted by molar-refractivity contribution is 9.10. The van der Waals surface area contributed by atoms with Crippen LogP contribution in [0.4, 0.5) is 5.69 Å². The summed E-state index contributed by atoms with van der Waals surface area (Å²) in [5.74, 6) is 0.499. The fourth-order valence-corrected chi connectivity index (χ4v) is 2.53. The molecule has 0 radical (unpaired) electrons. The van der Waals surface area contributed by atoms with Crippen LogP contribution in [-0.2, 0) is 6.54 Å². The molecule has 0 spiro atoms. The van der Waals surface area contributed by atoms with E-state index in [4.69, 9.17) is 16.0 Å². The molecule has 0 bridgehead atoms. The Morgan fingerprint density at radius 3 is 2.90 bits per heavy atom. The van der Waals surface area contributed by atoms with Crippen LogP contribution in [0.1, 0.15) is 5.56 Å². The van der Waals surface area contributed by atoms with E-state index in [1.165, 1.54) is 6.39 Å². The topological polar surface area (TPSA) is 51.0 Å². The maximum absolute atomic E-state index is 6.18. The lowest BCUT2D eigenvalue weighted by atomic mass is 10.2. The van der Waals surface area contributed by atoms with Crippen LogP contribution in [0, 0.1) is 0 Å². The number of nitrogens with zero attached hydrogens (tertiary/aromatic N) is 2. The lowest BCUT2D eigenvalue weighted by Crippen LogP contribution is -2.00. The number of hydrogen-bond donors (Lipinski definition) is 1. The second-order valence-corrected chi connectivity index (χ2v) is 5.74. The Kier molecular flexibility index (Phi) is 4.22. The SMILES string of the molecule is Clc1ccc(Br)cc1CNc1cccc(-c2nnco2)c1. The van der Waals surface area contributed by atoms with Crippen LogP contribution in [0.2, 0.25) is 5.02 Å². The van der Waals surface area contributed by atoms with Crippen molar-refractivity contribution in [3.63, 3.8) is 0 Å². The van der Waals surface area contributed by atoms with Gasteiger partial charge in [0.05, 0.1) is 0 Å². The van der Waals surface area contributed by atoms with Gasteiger partial charge in [-0.25, -0.2) is 0 Å². The second-order valence-electron chi connectivity index (χ2n) is 4.41. The smallest absolute Gasteiger partial charge is 0.247 e. The second kappa shape index (κ2) is 6.28. The van der Waals surface area contributed by atoms with Crippen molar-refractivity contribution in [2.45, 2.75) is 6.54 Å². The number of hydrogen-bond acceptors (Lipinski definition) is 4. The normalized spacial score (nSPS) is 10.6. The summed E-state index contributed by atoms with van der Waals surface area (Å²) in [6.45, 7) is 0.631. The molecule has 0 fully saturated rings. The molecule has 0 amide bonds. The van der Waals surface area contributed by atoms with Crippen LogP contribution in [-0.4, -0.2) is 10.2 Å². The molecule has 106 valence electrons. The molecule has 0 aliphatic heterocycles. The molecule has 3 aromatic rings. The van der Waals surface area contributed by atoms with E-state index in [-0.39, 0.29) is 0 Å². The predicted molar refractivity (Wildman–Crippen MR) is 86.2 cm³/mol. The Bertz CT molecular complexity index is 746. The first kappa shape index (κ1) is 14.1. The molecule has 0 atom stereocenters. The summed E-state index contributed by atoms with van der Waals surface area (Å²) in [7, 11) is 0. The van der Waals surface area contributed by atoms with Crippen molar-refractivity contribution in [1.82, 2.24) is 10.2 Å². The van der Waals surface area contributed by atoms with Crippen molar-refractivity contribution in [1.29, 1.82) is 0 Å². The van der Waals surface area contributed by atoms with Gasteiger partial charge in [0.1, 0.15) is 0 Å². The van der Waals surface area contributed by atoms with Crippen molar-refractivity contribution in [3.8, 4) is 11.5 Å². The summed E-state index contributed by atoms with van der Waals surface area (Å²) in [5.41, 5.74) is 2.86. The lowest BCUT2D eigenvalue weighted by Gasteiger charge is -2.09. The standard InChI is InChI=1S/C15H11BrClN3O/c16-12-4-5-14(17)11(6-12)8-18-13-3-1-2-10(7-13)15-20-19-9-21-15/h1-7,9,18H,8H2. The number of rotatable bonds is 4. The zero-order valence-electron chi connectivity index (χ0n) is 10.9. The number of aromatic nitrogens is 2. The highest BCUT2D eigenvalue weighted by atomic mass is 79.9. The van der Waals surface area contributed by atoms with Gasteiger partial charge in [0.2, 0.25) is 12.3 Å². The zero-order chi connectivity index (χ0) is 14.7. The van der Waals surface area contributed by atoms with Crippen LogP contribution >= 0.6 is 27.5 Å². The minimum absolute atomic E-state index is 0.499. The molecule has 0 unspecified atom stereocenters. The van der Waals surface area contributed by atoms with Crippen LogP contribution in [0.5, 0.6) is 0 Å². The first-order chi connectivity index (χ1) is 10.2. The van der Waals surface area contributed by atoms with Gasteiger partial charge in [0, 0.05) is 27.3 Å². The third-order valence-corrected chi connectivity index (χ3v) is 3.82. The van der Waals surface area contributed by atoms with E-state index < -0.39 is 0 Å². The van der Waals surface area contributed by atoms with Crippen LogP contribution in [0.25, 0.3) is 11.5 Å². The fourth-order valence-electron chi connectivity index (χ4n) is 1.94. The Hall–Kier alpha value is -1.85. The van der Waals surface area contributed by atoms with Crippen LogP contribution in [0.15, 0.2) is 57.7 Å². The summed E-state index contributed by atoms with van der Waals surface area (Å²) >= 11 is 9.63. The highest BCUT2D eigenvalue weighted by Gasteiger charge is 2.05. The van der Waals surface area contributed by atoms with E-state index in [0.717, 1.165) is 26.3 Å². The summed E-state index contributed by atoms with van der Waals surface area (Å²) in [6, 6.07) is 13.6. The largest absolute Gasteiger partial charge is 0.423 e. The van der Waals surface area contributed by atoms with Gasteiger partial charge < -0.3 is 9.73 Å². The molecular formula is C15H11BrClN3O. The fraction of sp³-hybridized carbons (Fsp3) is 0.0667. The maximum Gasteiger partial charge on any atom is 0.247 e. The first-order valence-corrected chi connectivity index (χ1v) is 7.44. The maximum atomic E-state index is 6.18. The van der Waals surface area contributed by atoms with Gasteiger partial charge in [-0.15, -0.1) is 10.2 Å². The Morgan fingerprint density at radius 1 is 1.19 bits per heavy atom. The van der Waals surface area contributed by atoms with Gasteiger partial charge in [-0.05, 0) is 42.0 Å². The lowest BCUT2D eigenvalue weighted by molar-refractivity contribution is 0.568. The average Bonchev–Trinajstić information content (AvgIpc) is 3.03. The summed E-state index contributed by atoms with van der Waals surface area (Å²) in [4.78, 5) is 0. The molecule has 0 aliphatic rings. The molecule has 21 heavy (non-hydrogen) atoms. The third kappa shape index (κ3) is 3.43. The van der Waals surface area contributed by atoms with E-state index in [9.17, 15) is 0 Å². The van der Waals surface area contributed by atoms with Crippen LogP contribution < -0.4 is 5.32 Å². The van der Waals surface area contributed by atoms with E-state index >= 15 is 0 Å². The molecule has 1 N–H and O–H groups in total. The molecule has 4 nitrogen and oxygen atoms in total. The molecule has 1 heterocycles. The quantitative estimate of drug-likeness (QED) is 0.725. The Labute approximate surface area is 135 Å². The minimum atomic E-state index is 0.499. The van der Waals surface area contributed by atoms with Crippen LogP contribution in [0.3, 0.4) is 0 Å². The molecule has 3 rings (SSSR count). The summed E-state index contributed by atoms with van der Waals surface area (Å²) in [6.07, 6.45) is 1.32. The van der Waals surface area contributed by atoms with E-state index in [1.807, 2.05) is 42.5 Å². The average molecular weight is 365 g/mol. The van der Waals surface area contributed by atoms with Gasteiger partial charge >= 0.3 is 0 Å². The molecule has 6 heteroatoms. The first-order valence-electron chi connectivity index (χ1n) is 6.27. The molecular weight excluding hydrogens is 354 g/mol. The Morgan fingerprint density at radius 2 is 2.10 bits per heavy atom. The number of halogens is 2. The molecule has 1 aromatic heterocycles. The number of anilines is 1. The zero-order valence-corrected chi connectivity index (χ0v) is 13.2. The van der Waals surface area contributed by atoms with Gasteiger partial charge in [0.15, 0.2) is 0 Å².